The molecule has 0 radical (unpaired) electrons. The fourth-order valence-electron chi connectivity index (χ4n) is 3.94. The Morgan fingerprint density at radius 3 is 2.43 bits per heavy atom. The molecule has 8 nitrogen and oxygen atoms in total. The first kappa shape index (κ1) is 25.0. The van der Waals surface area contributed by atoms with Gasteiger partial charge in [-0.3, -0.25) is 18.9 Å². The number of hydrogen-bond donors (Lipinski definition) is 2. The zero-order chi connectivity index (χ0) is 25.3. The van der Waals surface area contributed by atoms with E-state index in [2.05, 4.69) is 15.6 Å². The molecule has 1 aliphatic rings. The Morgan fingerprint density at radius 2 is 1.77 bits per heavy atom. The number of benzene rings is 2. The van der Waals surface area contributed by atoms with Crippen molar-refractivity contribution in [3.63, 3.8) is 0 Å². The normalized spacial score (nSPS) is 15.3. The number of hydrogen-bond acceptors (Lipinski definition) is 5. The van der Waals surface area contributed by atoms with Crippen molar-refractivity contribution < 1.29 is 18.0 Å². The van der Waals surface area contributed by atoms with Crippen LogP contribution < -0.4 is 14.9 Å². The third kappa shape index (κ3) is 5.27. The van der Waals surface area contributed by atoms with E-state index in [4.69, 9.17) is 23.2 Å². The van der Waals surface area contributed by atoms with Gasteiger partial charge in [0, 0.05) is 13.3 Å². The van der Waals surface area contributed by atoms with E-state index in [0.717, 1.165) is 5.56 Å². The van der Waals surface area contributed by atoms with Crippen molar-refractivity contribution in [1.29, 1.82) is 0 Å². The number of nitrogens with one attached hydrogen (secondary N) is 2. The molecular weight excluding hydrogens is 511 g/mol. The lowest BCUT2D eigenvalue weighted by Gasteiger charge is -2.35. The molecule has 0 saturated heterocycles. The van der Waals surface area contributed by atoms with E-state index in [1.807, 2.05) is 0 Å². The second-order valence-corrected chi connectivity index (χ2v) is 10.9. The van der Waals surface area contributed by atoms with Gasteiger partial charge in [0.2, 0.25) is 5.91 Å². The number of aromatic nitrogens is 1. The van der Waals surface area contributed by atoms with Crippen LogP contribution in [0, 0.1) is 6.92 Å². The lowest BCUT2D eigenvalue weighted by Crippen LogP contribution is -2.50. The van der Waals surface area contributed by atoms with Gasteiger partial charge < -0.3 is 10.6 Å². The van der Waals surface area contributed by atoms with Crippen LogP contribution in [0.2, 0.25) is 10.0 Å². The van der Waals surface area contributed by atoms with Crippen LogP contribution in [-0.2, 0) is 21.2 Å². The summed E-state index contributed by atoms with van der Waals surface area (Å²) >= 11 is 12.3. The van der Waals surface area contributed by atoms with Crippen LogP contribution >= 0.6 is 23.2 Å². The molecule has 0 bridgehead atoms. The maximum absolute atomic E-state index is 13.6. The van der Waals surface area contributed by atoms with Crippen LogP contribution in [0.3, 0.4) is 0 Å². The van der Waals surface area contributed by atoms with Crippen molar-refractivity contribution in [3.8, 4) is 0 Å². The quantitative estimate of drug-likeness (QED) is 0.511. The van der Waals surface area contributed by atoms with Gasteiger partial charge in [0.25, 0.3) is 15.9 Å². The second-order valence-electron chi connectivity index (χ2n) is 8.19. The number of sulfonamides is 1. The molecule has 1 atom stereocenters. The van der Waals surface area contributed by atoms with Gasteiger partial charge in [0.05, 0.1) is 56.4 Å². The van der Waals surface area contributed by atoms with Gasteiger partial charge in [-0.15, -0.1) is 0 Å². The minimum Gasteiger partial charge on any atom is -0.351 e. The second kappa shape index (κ2) is 9.85. The van der Waals surface area contributed by atoms with Crippen molar-refractivity contribution in [2.75, 3.05) is 16.2 Å². The summed E-state index contributed by atoms with van der Waals surface area (Å²) < 4.78 is 28.5. The number of carbonyl (C=O) groups is 2. The van der Waals surface area contributed by atoms with Crippen LogP contribution in [0.5, 0.6) is 0 Å². The average Bonchev–Trinajstić information content (AvgIpc) is 2.78. The third-order valence-corrected chi connectivity index (χ3v) is 7.88. The number of amides is 2. The van der Waals surface area contributed by atoms with Gasteiger partial charge >= 0.3 is 0 Å². The summed E-state index contributed by atoms with van der Waals surface area (Å²) in [4.78, 5) is 29.1. The lowest BCUT2D eigenvalue weighted by molar-refractivity contribution is -0.119. The minimum atomic E-state index is -3.99. The highest BCUT2D eigenvalue weighted by molar-refractivity contribution is 7.92. The van der Waals surface area contributed by atoms with E-state index in [-0.39, 0.29) is 38.6 Å². The van der Waals surface area contributed by atoms with E-state index >= 15 is 0 Å². The van der Waals surface area contributed by atoms with Crippen molar-refractivity contribution >= 4 is 56.4 Å². The monoisotopic (exact) mass is 532 g/mol. The zero-order valence-corrected chi connectivity index (χ0v) is 21.2. The standard InChI is InChI=1S/C24H22Cl2N4O4S/c1-14-5-3-6-18(9-14)35(33,34)30-13-17(28-15(2)31)10-21-22(30)11-16(12-27-21)29-24(32)23-19(25)7-4-8-20(23)26/h3-9,11-12,17H,10,13H2,1-2H3,(H,28,31)(H,29,32). The van der Waals surface area contributed by atoms with Gasteiger partial charge in [-0.25, -0.2) is 8.42 Å². The summed E-state index contributed by atoms with van der Waals surface area (Å²) in [7, 11) is -3.99. The van der Waals surface area contributed by atoms with Gasteiger partial charge in [0.1, 0.15) is 0 Å². The number of carbonyl (C=O) groups excluding carboxylic acids is 2. The van der Waals surface area contributed by atoms with Gasteiger partial charge in [-0.2, -0.15) is 0 Å². The first-order chi connectivity index (χ1) is 16.6. The summed E-state index contributed by atoms with van der Waals surface area (Å²) in [6.07, 6.45) is 1.76. The Hall–Kier alpha value is -3.14. The Balaban J connectivity index is 1.74. The molecule has 1 unspecified atom stereocenters. The molecule has 0 fully saturated rings. The van der Waals surface area contributed by atoms with E-state index in [1.165, 1.54) is 23.5 Å². The van der Waals surface area contributed by atoms with Crippen molar-refractivity contribution in [2.24, 2.45) is 0 Å². The fourth-order valence-corrected chi connectivity index (χ4v) is 6.14. The molecule has 2 aromatic carbocycles. The molecule has 35 heavy (non-hydrogen) atoms. The number of aryl methyl sites for hydroxylation is 1. The third-order valence-electron chi connectivity index (χ3n) is 5.47. The summed E-state index contributed by atoms with van der Waals surface area (Å²) in [5.74, 6) is -0.825. The molecule has 0 aliphatic carbocycles. The zero-order valence-electron chi connectivity index (χ0n) is 18.9. The Labute approximate surface area is 213 Å². The smallest absolute Gasteiger partial charge is 0.264 e. The Bertz CT molecular complexity index is 1410. The molecule has 182 valence electrons. The molecule has 2 amide bonds. The number of halogens is 2. The van der Waals surface area contributed by atoms with Crippen molar-refractivity contribution in [3.05, 3.63) is 81.6 Å². The number of pyridine rings is 1. The number of fused-ring (bicyclic) bond motifs is 1. The molecule has 2 N–H and O–H groups in total. The van der Waals surface area contributed by atoms with Crippen LogP contribution in [-0.4, -0.2) is 37.8 Å². The summed E-state index contributed by atoms with van der Waals surface area (Å²) in [5.41, 5.74) is 1.95. The van der Waals surface area contributed by atoms with Crippen LogP contribution in [0.15, 0.2) is 59.6 Å². The molecule has 2 heterocycles. The summed E-state index contributed by atoms with van der Waals surface area (Å²) in [6.45, 7) is 3.19. The number of anilines is 2. The van der Waals surface area contributed by atoms with E-state index in [1.54, 1.807) is 49.4 Å². The van der Waals surface area contributed by atoms with Crippen LogP contribution in [0.25, 0.3) is 0 Å². The topological polar surface area (TPSA) is 108 Å². The first-order valence-corrected chi connectivity index (χ1v) is 12.9. The van der Waals surface area contributed by atoms with E-state index < -0.39 is 22.0 Å². The number of nitrogens with zero attached hydrogens (tertiary/aromatic N) is 2. The Kier molecular flexibility index (Phi) is 7.02. The molecule has 11 heteroatoms. The molecule has 0 spiro atoms. The largest absolute Gasteiger partial charge is 0.351 e. The molecule has 3 aromatic rings. The van der Waals surface area contributed by atoms with Crippen LogP contribution in [0.4, 0.5) is 11.4 Å². The van der Waals surface area contributed by atoms with Gasteiger partial charge in [-0.05, 0) is 42.8 Å². The Morgan fingerprint density at radius 1 is 1.09 bits per heavy atom. The SMILES string of the molecule is CC(=O)NC1Cc2ncc(NC(=O)c3c(Cl)cccc3Cl)cc2N(S(=O)(=O)c2cccc(C)c2)C1. The predicted molar refractivity (Wildman–Crippen MR) is 136 cm³/mol. The first-order valence-electron chi connectivity index (χ1n) is 10.7. The van der Waals surface area contributed by atoms with Crippen molar-refractivity contribution in [2.45, 2.75) is 31.2 Å². The maximum Gasteiger partial charge on any atom is 0.264 e. The van der Waals surface area contributed by atoms with E-state index in [0.29, 0.717) is 17.8 Å². The van der Waals surface area contributed by atoms with Gasteiger partial charge in [0.15, 0.2) is 0 Å². The van der Waals surface area contributed by atoms with E-state index in [9.17, 15) is 18.0 Å². The van der Waals surface area contributed by atoms with Crippen LogP contribution in [0.1, 0.15) is 28.5 Å². The van der Waals surface area contributed by atoms with Crippen molar-refractivity contribution in [1.82, 2.24) is 10.3 Å². The molecule has 1 aliphatic heterocycles. The number of rotatable bonds is 5. The van der Waals surface area contributed by atoms with Gasteiger partial charge in [-0.1, -0.05) is 41.4 Å². The summed E-state index contributed by atoms with van der Waals surface area (Å²) in [5, 5.41) is 5.84. The molecular formula is C24H22Cl2N4O4S. The molecule has 4 rings (SSSR count). The average molecular weight is 533 g/mol. The fraction of sp³-hybridized carbons (Fsp3) is 0.208. The molecule has 0 saturated carbocycles. The molecule has 1 aromatic heterocycles. The minimum absolute atomic E-state index is 0.0122. The highest BCUT2D eigenvalue weighted by Gasteiger charge is 2.35. The predicted octanol–water partition coefficient (Wildman–Crippen LogP) is 4.21. The highest BCUT2D eigenvalue weighted by atomic mass is 35.5. The lowest BCUT2D eigenvalue weighted by atomic mass is 10.0. The highest BCUT2D eigenvalue weighted by Crippen LogP contribution is 2.34. The summed E-state index contributed by atoms with van der Waals surface area (Å²) in [6, 6.07) is 12.4. The maximum atomic E-state index is 13.6.